The zero-order valence-electron chi connectivity index (χ0n) is 10.4. The highest BCUT2D eigenvalue weighted by Gasteiger charge is 2.19. The van der Waals surface area contributed by atoms with Gasteiger partial charge >= 0.3 is 5.97 Å². The summed E-state index contributed by atoms with van der Waals surface area (Å²) in [6.45, 7) is 0. The second-order valence-corrected chi connectivity index (χ2v) is 4.90. The Labute approximate surface area is 103 Å². The fraction of sp³-hybridized carbons (Fsp3) is 0.846. The second-order valence-electron chi connectivity index (χ2n) is 4.90. The van der Waals surface area contributed by atoms with Gasteiger partial charge in [0, 0.05) is 0 Å². The van der Waals surface area contributed by atoms with Crippen LogP contribution in [0.3, 0.4) is 0 Å². The van der Waals surface area contributed by atoms with Crippen molar-refractivity contribution in [3.63, 3.8) is 0 Å². The van der Waals surface area contributed by atoms with E-state index in [0.717, 1.165) is 44.2 Å². The smallest absolute Gasteiger partial charge is 0.306 e. The lowest BCUT2D eigenvalue weighted by atomic mass is 9.90. The van der Waals surface area contributed by atoms with Crippen molar-refractivity contribution in [2.75, 3.05) is 0 Å². The van der Waals surface area contributed by atoms with Gasteiger partial charge in [-0.1, -0.05) is 30.8 Å². The Balaban J connectivity index is 0.000000171. The summed E-state index contributed by atoms with van der Waals surface area (Å²) in [5.41, 5.74) is 0.983. The van der Waals surface area contributed by atoms with E-state index in [1.165, 1.54) is 25.7 Å². The van der Waals surface area contributed by atoms with Crippen molar-refractivity contribution in [1.29, 1.82) is 0 Å². The molecule has 4 nitrogen and oxygen atoms in total. The van der Waals surface area contributed by atoms with Gasteiger partial charge in [-0.15, -0.1) is 0 Å². The van der Waals surface area contributed by atoms with Crippen LogP contribution in [0.25, 0.3) is 0 Å². The fourth-order valence-electron chi connectivity index (χ4n) is 2.41. The maximum Gasteiger partial charge on any atom is 0.306 e. The molecule has 2 fully saturated rings. The molecule has 17 heavy (non-hydrogen) atoms. The fourth-order valence-corrected chi connectivity index (χ4v) is 2.41. The van der Waals surface area contributed by atoms with E-state index in [1.54, 1.807) is 0 Å². The highest BCUT2D eigenvalue weighted by molar-refractivity contribution is 5.84. The molecular weight excluding hydrogens is 218 g/mol. The molecule has 2 N–H and O–H groups in total. The Morgan fingerprint density at radius 3 is 1.88 bits per heavy atom. The normalized spacial score (nSPS) is 21.3. The molecule has 4 heteroatoms. The lowest BCUT2D eigenvalue weighted by Gasteiger charge is -2.16. The summed E-state index contributed by atoms with van der Waals surface area (Å²) in [7, 11) is 0. The third kappa shape index (κ3) is 5.71. The molecule has 0 aromatic rings. The van der Waals surface area contributed by atoms with E-state index in [4.69, 9.17) is 10.3 Å². The zero-order chi connectivity index (χ0) is 12.5. The van der Waals surface area contributed by atoms with Gasteiger partial charge in [0.1, 0.15) is 0 Å². The minimum Gasteiger partial charge on any atom is -0.481 e. The van der Waals surface area contributed by atoms with Crippen LogP contribution in [0.4, 0.5) is 0 Å². The van der Waals surface area contributed by atoms with Crippen LogP contribution in [0.15, 0.2) is 5.16 Å². The molecule has 0 aromatic carbocycles. The topological polar surface area (TPSA) is 69.9 Å². The number of hydrogen-bond acceptors (Lipinski definition) is 3. The number of hydrogen-bond donors (Lipinski definition) is 2. The van der Waals surface area contributed by atoms with Crippen LogP contribution >= 0.6 is 0 Å². The molecule has 0 amide bonds. The SMILES string of the molecule is O=C(O)C1CCCCC1.ON=C1CCCCC1. The standard InChI is InChI=1S/C7H12O2.C6H11NO/c8-7(9)6-4-2-1-3-5-6;8-7-6-4-2-1-3-5-6/h6H,1-5H2,(H,8,9);8H,1-5H2. The molecule has 0 spiro atoms. The minimum absolute atomic E-state index is 0.0289. The van der Waals surface area contributed by atoms with Crippen LogP contribution in [0.5, 0.6) is 0 Å². The van der Waals surface area contributed by atoms with E-state index < -0.39 is 5.97 Å². The number of aliphatic carboxylic acids is 1. The molecule has 98 valence electrons. The molecule has 0 radical (unpaired) electrons. The van der Waals surface area contributed by atoms with Gasteiger partial charge in [-0.05, 0) is 38.5 Å². The van der Waals surface area contributed by atoms with E-state index in [-0.39, 0.29) is 5.92 Å². The molecule has 2 rings (SSSR count). The summed E-state index contributed by atoms with van der Waals surface area (Å²) in [6.07, 6.45) is 11.0. The van der Waals surface area contributed by atoms with E-state index >= 15 is 0 Å². The maximum atomic E-state index is 10.4. The van der Waals surface area contributed by atoms with Gasteiger partial charge in [0.05, 0.1) is 11.6 Å². The summed E-state index contributed by atoms with van der Waals surface area (Å²) < 4.78 is 0. The predicted molar refractivity (Wildman–Crippen MR) is 66.5 cm³/mol. The summed E-state index contributed by atoms with van der Waals surface area (Å²) in [4.78, 5) is 10.4. The number of carbonyl (C=O) groups is 1. The average Bonchev–Trinajstić information content (AvgIpc) is 2.41. The third-order valence-corrected chi connectivity index (χ3v) is 3.53. The number of oxime groups is 1. The zero-order valence-corrected chi connectivity index (χ0v) is 10.4. The summed E-state index contributed by atoms with van der Waals surface area (Å²) in [6, 6.07) is 0. The molecule has 2 saturated carbocycles. The molecule has 0 heterocycles. The number of nitrogens with zero attached hydrogens (tertiary/aromatic N) is 1. The highest BCUT2D eigenvalue weighted by Crippen LogP contribution is 2.23. The predicted octanol–water partition coefficient (Wildman–Crippen LogP) is 3.43. The van der Waals surface area contributed by atoms with Gasteiger partial charge in [0.15, 0.2) is 0 Å². The first-order chi connectivity index (χ1) is 8.24. The summed E-state index contributed by atoms with van der Waals surface area (Å²) >= 11 is 0. The Morgan fingerprint density at radius 1 is 1.00 bits per heavy atom. The van der Waals surface area contributed by atoms with Gasteiger partial charge in [0.25, 0.3) is 0 Å². The van der Waals surface area contributed by atoms with Crippen molar-refractivity contribution in [2.24, 2.45) is 11.1 Å². The van der Waals surface area contributed by atoms with Crippen LogP contribution in [0, 0.1) is 5.92 Å². The quantitative estimate of drug-likeness (QED) is 0.545. The van der Waals surface area contributed by atoms with Gasteiger partial charge in [-0.3, -0.25) is 4.79 Å². The van der Waals surface area contributed by atoms with E-state index in [1.807, 2.05) is 0 Å². The molecule has 2 aliphatic carbocycles. The monoisotopic (exact) mass is 241 g/mol. The molecule has 0 atom stereocenters. The average molecular weight is 241 g/mol. The lowest BCUT2D eigenvalue weighted by Crippen LogP contribution is -2.16. The molecule has 2 aliphatic rings. The van der Waals surface area contributed by atoms with Crippen LogP contribution in [-0.4, -0.2) is 22.0 Å². The minimum atomic E-state index is -0.602. The number of carboxylic acids is 1. The first kappa shape index (κ1) is 14.0. The first-order valence-electron chi connectivity index (χ1n) is 6.66. The highest BCUT2D eigenvalue weighted by atomic mass is 16.4. The van der Waals surface area contributed by atoms with Gasteiger partial charge in [-0.2, -0.15) is 0 Å². The van der Waals surface area contributed by atoms with E-state index in [0.29, 0.717) is 0 Å². The van der Waals surface area contributed by atoms with E-state index in [2.05, 4.69) is 5.16 Å². The molecule has 0 aliphatic heterocycles. The van der Waals surface area contributed by atoms with Crippen molar-refractivity contribution in [3.8, 4) is 0 Å². The van der Waals surface area contributed by atoms with Gasteiger partial charge in [-0.25, -0.2) is 0 Å². The third-order valence-electron chi connectivity index (χ3n) is 3.53. The Bertz CT molecular complexity index is 249. The Morgan fingerprint density at radius 2 is 1.53 bits per heavy atom. The number of carboxylic acid groups (broad SMARTS) is 1. The molecule has 0 unspecified atom stereocenters. The van der Waals surface area contributed by atoms with Crippen molar-refractivity contribution in [1.82, 2.24) is 0 Å². The molecule has 0 saturated heterocycles. The van der Waals surface area contributed by atoms with Crippen LogP contribution in [0.1, 0.15) is 64.2 Å². The largest absolute Gasteiger partial charge is 0.481 e. The molecule has 0 bridgehead atoms. The Hall–Kier alpha value is -1.06. The second kappa shape index (κ2) is 8.09. The van der Waals surface area contributed by atoms with Crippen molar-refractivity contribution < 1.29 is 15.1 Å². The lowest BCUT2D eigenvalue weighted by molar-refractivity contribution is -0.142. The van der Waals surface area contributed by atoms with Crippen LogP contribution < -0.4 is 0 Å². The van der Waals surface area contributed by atoms with Crippen molar-refractivity contribution in [3.05, 3.63) is 0 Å². The first-order valence-corrected chi connectivity index (χ1v) is 6.66. The van der Waals surface area contributed by atoms with Gasteiger partial charge in [0.2, 0.25) is 0 Å². The van der Waals surface area contributed by atoms with E-state index in [9.17, 15) is 4.79 Å². The van der Waals surface area contributed by atoms with Crippen molar-refractivity contribution >= 4 is 11.7 Å². The summed E-state index contributed by atoms with van der Waals surface area (Å²) in [5.74, 6) is -0.631. The van der Waals surface area contributed by atoms with Crippen molar-refractivity contribution in [2.45, 2.75) is 64.2 Å². The van der Waals surface area contributed by atoms with Crippen LogP contribution in [-0.2, 0) is 4.79 Å². The maximum absolute atomic E-state index is 10.4. The molecular formula is C13H23NO3. The Kier molecular flexibility index (Phi) is 6.67. The van der Waals surface area contributed by atoms with Crippen LogP contribution in [0.2, 0.25) is 0 Å². The summed E-state index contributed by atoms with van der Waals surface area (Å²) in [5, 5.41) is 20.0. The molecule has 0 aromatic heterocycles. The number of rotatable bonds is 1. The van der Waals surface area contributed by atoms with Gasteiger partial charge < -0.3 is 10.3 Å².